The molecule has 0 atom stereocenters. The highest BCUT2D eigenvalue weighted by Crippen LogP contribution is 2.16. The zero-order valence-corrected chi connectivity index (χ0v) is 15.2. The lowest BCUT2D eigenvalue weighted by Gasteiger charge is -2.07. The molecule has 2 aromatic carbocycles. The Kier molecular flexibility index (Phi) is 6.36. The van der Waals surface area contributed by atoms with Gasteiger partial charge in [-0.15, -0.1) is 0 Å². The summed E-state index contributed by atoms with van der Waals surface area (Å²) in [6, 6.07) is 20.7. The lowest BCUT2D eigenvalue weighted by molar-refractivity contribution is -0.136. The summed E-state index contributed by atoms with van der Waals surface area (Å²) in [5.74, 6) is 0.699. The van der Waals surface area contributed by atoms with Gasteiger partial charge in [0.15, 0.2) is 6.61 Å². The van der Waals surface area contributed by atoms with E-state index < -0.39 is 5.97 Å². The van der Waals surface area contributed by atoms with Crippen molar-refractivity contribution in [1.82, 2.24) is 4.98 Å². The molecule has 0 fully saturated rings. The van der Waals surface area contributed by atoms with Crippen LogP contribution in [-0.2, 0) is 11.2 Å². The van der Waals surface area contributed by atoms with E-state index in [0.29, 0.717) is 11.5 Å². The molecule has 4 nitrogen and oxygen atoms in total. The molecule has 3 aromatic rings. The summed E-state index contributed by atoms with van der Waals surface area (Å²) < 4.78 is 10.8. The van der Waals surface area contributed by atoms with Gasteiger partial charge in [0, 0.05) is 6.20 Å². The molecule has 4 heteroatoms. The maximum Gasteiger partial charge on any atom is 0.349 e. The second-order valence-electron chi connectivity index (χ2n) is 5.92. The number of nitrogens with zero attached hydrogens (tertiary/aromatic N) is 1. The fourth-order valence-corrected chi connectivity index (χ4v) is 2.43. The lowest BCUT2D eigenvalue weighted by Crippen LogP contribution is -2.17. The van der Waals surface area contributed by atoms with Gasteiger partial charge >= 0.3 is 5.97 Å². The van der Waals surface area contributed by atoms with Gasteiger partial charge < -0.3 is 9.47 Å². The quantitative estimate of drug-likeness (QED) is 0.449. The molecule has 0 saturated carbocycles. The highest BCUT2D eigenvalue weighted by molar-refractivity contribution is 5.74. The van der Waals surface area contributed by atoms with Crippen molar-refractivity contribution in [2.75, 3.05) is 6.61 Å². The molecule has 0 amide bonds. The third-order valence-electron chi connectivity index (χ3n) is 3.93. The van der Waals surface area contributed by atoms with Gasteiger partial charge in [0.2, 0.25) is 0 Å². The molecule has 0 aliphatic heterocycles. The minimum atomic E-state index is -0.439. The topological polar surface area (TPSA) is 48.4 Å². The number of aryl methyl sites for hydroxylation is 1. The molecule has 27 heavy (non-hydrogen) atoms. The highest BCUT2D eigenvalue weighted by atomic mass is 16.6. The first kappa shape index (κ1) is 18.4. The Morgan fingerprint density at radius 1 is 0.926 bits per heavy atom. The smallest absolute Gasteiger partial charge is 0.349 e. The molecule has 1 heterocycles. The Labute approximate surface area is 159 Å². The van der Waals surface area contributed by atoms with Crippen LogP contribution in [0.5, 0.6) is 11.5 Å². The largest absolute Gasteiger partial charge is 0.482 e. The van der Waals surface area contributed by atoms with Crippen LogP contribution in [0.3, 0.4) is 0 Å². The van der Waals surface area contributed by atoms with Crippen LogP contribution in [0, 0.1) is 0 Å². The first-order valence-corrected chi connectivity index (χ1v) is 8.84. The average molecular weight is 359 g/mol. The van der Waals surface area contributed by atoms with E-state index in [2.05, 4.69) is 11.9 Å². The number of hydrogen-bond donors (Lipinski definition) is 0. The van der Waals surface area contributed by atoms with E-state index >= 15 is 0 Å². The van der Waals surface area contributed by atoms with E-state index in [1.54, 1.807) is 18.3 Å². The van der Waals surface area contributed by atoms with Crippen molar-refractivity contribution < 1.29 is 14.3 Å². The summed E-state index contributed by atoms with van der Waals surface area (Å²) in [6.45, 7) is 1.96. The first-order valence-electron chi connectivity index (χ1n) is 8.84. The molecule has 0 aliphatic carbocycles. The van der Waals surface area contributed by atoms with Crippen LogP contribution >= 0.6 is 0 Å². The van der Waals surface area contributed by atoms with Gasteiger partial charge in [-0.3, -0.25) is 4.98 Å². The van der Waals surface area contributed by atoms with Crippen LogP contribution in [0.2, 0.25) is 0 Å². The minimum Gasteiger partial charge on any atom is -0.482 e. The van der Waals surface area contributed by atoms with Crippen molar-refractivity contribution in [2.24, 2.45) is 0 Å². The van der Waals surface area contributed by atoms with Gasteiger partial charge in [0.25, 0.3) is 0 Å². The molecule has 0 unspecified atom stereocenters. The van der Waals surface area contributed by atoms with Crippen LogP contribution in [0.25, 0.3) is 12.2 Å². The Bertz CT molecular complexity index is 885. The number of hydrogen-bond acceptors (Lipinski definition) is 4. The van der Waals surface area contributed by atoms with Crippen LogP contribution in [-0.4, -0.2) is 17.6 Å². The predicted molar refractivity (Wildman–Crippen MR) is 107 cm³/mol. The first-order chi connectivity index (χ1) is 13.2. The van der Waals surface area contributed by atoms with Crippen molar-refractivity contribution in [1.29, 1.82) is 0 Å². The van der Waals surface area contributed by atoms with E-state index in [1.807, 2.05) is 66.7 Å². The molecule has 1 aromatic heterocycles. The molecule has 0 aliphatic rings. The standard InChI is InChI=1S/C23H21NO3/c1-2-18-7-12-21(13-8-18)26-17-23(25)27-22-14-9-19(10-15-22)6-11-20-5-3-4-16-24-20/h3-16H,2,17H2,1H3/b11-6+. The second-order valence-corrected chi connectivity index (χ2v) is 5.92. The molecule has 136 valence electrons. The van der Waals surface area contributed by atoms with Crippen LogP contribution in [0.1, 0.15) is 23.7 Å². The monoisotopic (exact) mass is 359 g/mol. The summed E-state index contributed by atoms with van der Waals surface area (Å²) >= 11 is 0. The van der Waals surface area contributed by atoms with Crippen molar-refractivity contribution in [2.45, 2.75) is 13.3 Å². The van der Waals surface area contributed by atoms with Crippen LogP contribution in [0.15, 0.2) is 72.9 Å². The summed E-state index contributed by atoms with van der Waals surface area (Å²) in [7, 11) is 0. The molecule has 0 spiro atoms. The highest BCUT2D eigenvalue weighted by Gasteiger charge is 2.06. The van der Waals surface area contributed by atoms with Crippen LogP contribution in [0.4, 0.5) is 0 Å². The third kappa shape index (κ3) is 5.82. The second kappa shape index (κ2) is 9.34. The number of carbonyl (C=O) groups excluding carboxylic acids is 1. The van der Waals surface area contributed by atoms with Crippen molar-refractivity contribution in [3.8, 4) is 11.5 Å². The average Bonchev–Trinajstić information content (AvgIpc) is 2.73. The molecule has 3 rings (SSSR count). The zero-order valence-electron chi connectivity index (χ0n) is 15.2. The van der Waals surface area contributed by atoms with E-state index in [1.165, 1.54) is 5.56 Å². The zero-order chi connectivity index (χ0) is 18.9. The third-order valence-corrected chi connectivity index (χ3v) is 3.93. The van der Waals surface area contributed by atoms with E-state index in [-0.39, 0.29) is 6.61 Å². The summed E-state index contributed by atoms with van der Waals surface area (Å²) in [4.78, 5) is 16.2. The summed E-state index contributed by atoms with van der Waals surface area (Å²) in [5.41, 5.74) is 3.10. The van der Waals surface area contributed by atoms with Crippen molar-refractivity contribution in [3.05, 3.63) is 89.7 Å². The lowest BCUT2D eigenvalue weighted by atomic mass is 10.2. The maximum atomic E-state index is 11.9. The maximum absolute atomic E-state index is 11.9. The van der Waals surface area contributed by atoms with E-state index in [0.717, 1.165) is 17.7 Å². The van der Waals surface area contributed by atoms with Crippen molar-refractivity contribution >= 4 is 18.1 Å². The molecule has 0 radical (unpaired) electrons. The molecule has 0 N–H and O–H groups in total. The number of aromatic nitrogens is 1. The van der Waals surface area contributed by atoms with Gasteiger partial charge in [-0.25, -0.2) is 4.79 Å². The Morgan fingerprint density at radius 3 is 2.33 bits per heavy atom. The Hall–Kier alpha value is -3.40. The number of ether oxygens (including phenoxy) is 2. The molecular weight excluding hydrogens is 338 g/mol. The SMILES string of the molecule is CCc1ccc(OCC(=O)Oc2ccc(/C=C/c3ccccn3)cc2)cc1. The minimum absolute atomic E-state index is 0.132. The predicted octanol–water partition coefficient (Wildman–Crippen LogP) is 4.80. The number of esters is 1. The number of rotatable bonds is 7. The number of benzene rings is 2. The van der Waals surface area contributed by atoms with Gasteiger partial charge in [0.05, 0.1) is 5.69 Å². The van der Waals surface area contributed by atoms with Gasteiger partial charge in [-0.1, -0.05) is 43.3 Å². The Balaban J connectivity index is 1.49. The van der Waals surface area contributed by atoms with Gasteiger partial charge in [0.1, 0.15) is 11.5 Å². The van der Waals surface area contributed by atoms with Crippen molar-refractivity contribution in [3.63, 3.8) is 0 Å². The van der Waals surface area contributed by atoms with Gasteiger partial charge in [-0.05, 0) is 60.0 Å². The molecular formula is C23H21NO3. The fraction of sp³-hybridized carbons (Fsp3) is 0.130. The Morgan fingerprint density at radius 2 is 1.67 bits per heavy atom. The number of pyridine rings is 1. The number of carbonyl (C=O) groups is 1. The van der Waals surface area contributed by atoms with E-state index in [9.17, 15) is 4.79 Å². The molecule has 0 saturated heterocycles. The summed E-state index contributed by atoms with van der Waals surface area (Å²) in [6.07, 6.45) is 6.60. The van der Waals surface area contributed by atoms with E-state index in [4.69, 9.17) is 9.47 Å². The molecule has 0 bridgehead atoms. The fourth-order valence-electron chi connectivity index (χ4n) is 2.43. The normalized spacial score (nSPS) is 10.7. The van der Waals surface area contributed by atoms with Gasteiger partial charge in [-0.2, -0.15) is 0 Å². The van der Waals surface area contributed by atoms with Crippen LogP contribution < -0.4 is 9.47 Å². The summed E-state index contributed by atoms with van der Waals surface area (Å²) in [5, 5.41) is 0.